The van der Waals surface area contributed by atoms with Gasteiger partial charge in [-0.25, -0.2) is 0 Å². The minimum Gasteiger partial charge on any atom is -0.486 e. The fourth-order valence-corrected chi connectivity index (χ4v) is 2.25. The van der Waals surface area contributed by atoms with Crippen LogP contribution >= 0.6 is 15.9 Å². The molecule has 0 atom stereocenters. The maximum atomic E-state index is 12.3. The van der Waals surface area contributed by atoms with E-state index in [-0.39, 0.29) is 5.78 Å². The first-order valence-electron chi connectivity index (χ1n) is 5.79. The summed E-state index contributed by atoms with van der Waals surface area (Å²) in [6, 6.07) is 6.94. The summed E-state index contributed by atoms with van der Waals surface area (Å²) in [6.45, 7) is 1.04. The van der Waals surface area contributed by atoms with Gasteiger partial charge in [0, 0.05) is 28.0 Å². The van der Waals surface area contributed by atoms with Crippen molar-refractivity contribution in [3.05, 3.63) is 52.3 Å². The van der Waals surface area contributed by atoms with E-state index >= 15 is 0 Å². The molecule has 2 aromatic rings. The molecule has 1 aliphatic rings. The van der Waals surface area contributed by atoms with Crippen molar-refractivity contribution >= 4 is 21.7 Å². The van der Waals surface area contributed by atoms with E-state index in [1.54, 1.807) is 36.7 Å². The van der Waals surface area contributed by atoms with Crippen LogP contribution in [0.5, 0.6) is 11.5 Å². The molecule has 0 saturated carbocycles. The molecule has 0 fully saturated rings. The first-order chi connectivity index (χ1) is 9.24. The van der Waals surface area contributed by atoms with Gasteiger partial charge in [-0.3, -0.25) is 9.78 Å². The van der Waals surface area contributed by atoms with Gasteiger partial charge in [-0.05, 0) is 40.2 Å². The lowest BCUT2D eigenvalue weighted by molar-refractivity contribution is 0.103. The summed E-state index contributed by atoms with van der Waals surface area (Å²) < 4.78 is 11.7. The Labute approximate surface area is 118 Å². The normalized spacial score (nSPS) is 13.1. The molecular formula is C14H10BrNO3. The largest absolute Gasteiger partial charge is 0.486 e. The standard InChI is InChI=1S/C14H10BrNO3/c15-11-5-10(7-16-8-11)14(17)9-1-2-12-13(6-9)19-4-3-18-12/h1-2,5-8H,3-4H2. The van der Waals surface area contributed by atoms with E-state index < -0.39 is 0 Å². The number of pyridine rings is 1. The molecule has 96 valence electrons. The van der Waals surface area contributed by atoms with Crippen molar-refractivity contribution in [3.63, 3.8) is 0 Å². The molecular weight excluding hydrogens is 310 g/mol. The van der Waals surface area contributed by atoms with Gasteiger partial charge in [-0.15, -0.1) is 0 Å². The summed E-state index contributed by atoms with van der Waals surface area (Å²) in [6.07, 6.45) is 3.19. The number of fused-ring (bicyclic) bond motifs is 1. The van der Waals surface area contributed by atoms with Crippen LogP contribution in [-0.2, 0) is 0 Å². The molecule has 1 aromatic carbocycles. The van der Waals surface area contributed by atoms with Crippen LogP contribution in [0.2, 0.25) is 0 Å². The third-order valence-corrected chi connectivity index (χ3v) is 3.21. The Kier molecular flexibility index (Phi) is 3.21. The van der Waals surface area contributed by atoms with Crippen LogP contribution in [0.3, 0.4) is 0 Å². The zero-order valence-electron chi connectivity index (χ0n) is 9.93. The molecule has 3 rings (SSSR count). The minimum atomic E-state index is -0.0919. The summed E-state index contributed by atoms with van der Waals surface area (Å²) in [4.78, 5) is 16.3. The summed E-state index contributed by atoms with van der Waals surface area (Å²) in [7, 11) is 0. The highest BCUT2D eigenvalue weighted by Gasteiger charge is 2.16. The Morgan fingerprint density at radius 1 is 1.05 bits per heavy atom. The predicted octanol–water partition coefficient (Wildman–Crippen LogP) is 2.85. The third-order valence-electron chi connectivity index (χ3n) is 2.77. The van der Waals surface area contributed by atoms with Crippen LogP contribution in [-0.4, -0.2) is 24.0 Å². The van der Waals surface area contributed by atoms with Crippen LogP contribution < -0.4 is 9.47 Å². The van der Waals surface area contributed by atoms with Gasteiger partial charge in [0.2, 0.25) is 0 Å². The number of carbonyl (C=O) groups excluding carboxylic acids is 1. The van der Waals surface area contributed by atoms with Crippen LogP contribution in [0.15, 0.2) is 41.1 Å². The van der Waals surface area contributed by atoms with Crippen molar-refractivity contribution in [3.8, 4) is 11.5 Å². The third kappa shape index (κ3) is 2.46. The van der Waals surface area contributed by atoms with Gasteiger partial charge < -0.3 is 9.47 Å². The Morgan fingerprint density at radius 2 is 1.84 bits per heavy atom. The number of hydrogen-bond acceptors (Lipinski definition) is 4. The number of aromatic nitrogens is 1. The molecule has 0 unspecified atom stereocenters. The molecule has 0 N–H and O–H groups in total. The zero-order chi connectivity index (χ0) is 13.2. The molecule has 2 heterocycles. The van der Waals surface area contributed by atoms with Gasteiger partial charge in [0.15, 0.2) is 17.3 Å². The second-order valence-electron chi connectivity index (χ2n) is 4.08. The smallest absolute Gasteiger partial charge is 0.194 e. The zero-order valence-corrected chi connectivity index (χ0v) is 11.5. The van der Waals surface area contributed by atoms with Gasteiger partial charge in [0.1, 0.15) is 13.2 Å². The average molecular weight is 320 g/mol. The highest BCUT2D eigenvalue weighted by atomic mass is 79.9. The number of rotatable bonds is 2. The van der Waals surface area contributed by atoms with Crippen molar-refractivity contribution in [2.24, 2.45) is 0 Å². The van der Waals surface area contributed by atoms with E-state index in [4.69, 9.17) is 9.47 Å². The number of nitrogens with zero attached hydrogens (tertiary/aromatic N) is 1. The molecule has 0 bridgehead atoms. The number of hydrogen-bond donors (Lipinski definition) is 0. The second kappa shape index (κ2) is 5.01. The van der Waals surface area contributed by atoms with E-state index in [1.165, 1.54) is 0 Å². The minimum absolute atomic E-state index is 0.0919. The van der Waals surface area contributed by atoms with Crippen LogP contribution in [0.1, 0.15) is 15.9 Å². The van der Waals surface area contributed by atoms with Crippen molar-refractivity contribution in [2.75, 3.05) is 13.2 Å². The summed E-state index contributed by atoms with van der Waals surface area (Å²) in [5, 5.41) is 0. The molecule has 1 aliphatic heterocycles. The molecule has 4 nitrogen and oxygen atoms in total. The lowest BCUT2D eigenvalue weighted by atomic mass is 10.0. The SMILES string of the molecule is O=C(c1cncc(Br)c1)c1ccc2c(c1)OCCO2. The summed E-state index contributed by atoms with van der Waals surface area (Å²) >= 11 is 3.30. The van der Waals surface area contributed by atoms with Crippen LogP contribution in [0.25, 0.3) is 0 Å². The number of ether oxygens (including phenoxy) is 2. The predicted molar refractivity (Wildman–Crippen MR) is 72.8 cm³/mol. The molecule has 0 radical (unpaired) electrons. The van der Waals surface area contributed by atoms with Crippen LogP contribution in [0, 0.1) is 0 Å². The van der Waals surface area contributed by atoms with Gasteiger partial charge in [-0.2, -0.15) is 0 Å². The van der Waals surface area contributed by atoms with E-state index in [1.807, 2.05) is 0 Å². The monoisotopic (exact) mass is 319 g/mol. The highest BCUT2D eigenvalue weighted by molar-refractivity contribution is 9.10. The topological polar surface area (TPSA) is 48.4 Å². The summed E-state index contributed by atoms with van der Waals surface area (Å²) in [5.41, 5.74) is 1.09. The quantitative estimate of drug-likeness (QED) is 0.799. The maximum Gasteiger partial charge on any atom is 0.194 e. The first-order valence-corrected chi connectivity index (χ1v) is 6.58. The van der Waals surface area contributed by atoms with Gasteiger partial charge in [-0.1, -0.05) is 0 Å². The van der Waals surface area contributed by atoms with E-state index in [9.17, 15) is 4.79 Å². The van der Waals surface area contributed by atoms with Crippen molar-refractivity contribution in [1.82, 2.24) is 4.98 Å². The first kappa shape index (κ1) is 12.2. The summed E-state index contributed by atoms with van der Waals surface area (Å²) in [5.74, 6) is 1.20. The van der Waals surface area contributed by atoms with Gasteiger partial charge >= 0.3 is 0 Å². The van der Waals surface area contributed by atoms with Crippen molar-refractivity contribution in [1.29, 1.82) is 0 Å². The lowest BCUT2D eigenvalue weighted by Crippen LogP contribution is -2.15. The van der Waals surface area contributed by atoms with Gasteiger partial charge in [0.25, 0.3) is 0 Å². The average Bonchev–Trinajstić information content (AvgIpc) is 2.46. The van der Waals surface area contributed by atoms with E-state index in [0.29, 0.717) is 35.8 Å². The number of carbonyl (C=O) groups is 1. The van der Waals surface area contributed by atoms with E-state index in [0.717, 1.165) is 4.47 Å². The lowest BCUT2D eigenvalue weighted by Gasteiger charge is -2.18. The number of ketones is 1. The Hall–Kier alpha value is -1.88. The Morgan fingerprint density at radius 3 is 2.63 bits per heavy atom. The highest BCUT2D eigenvalue weighted by Crippen LogP contribution is 2.31. The van der Waals surface area contributed by atoms with Crippen molar-refractivity contribution in [2.45, 2.75) is 0 Å². The fraction of sp³-hybridized carbons (Fsp3) is 0.143. The Balaban J connectivity index is 1.96. The molecule has 0 aliphatic carbocycles. The maximum absolute atomic E-state index is 12.3. The molecule has 0 saturated heterocycles. The Bertz CT molecular complexity index is 642. The van der Waals surface area contributed by atoms with E-state index in [2.05, 4.69) is 20.9 Å². The van der Waals surface area contributed by atoms with Gasteiger partial charge in [0.05, 0.1) is 0 Å². The number of benzene rings is 1. The molecule has 0 spiro atoms. The molecule has 19 heavy (non-hydrogen) atoms. The fourth-order valence-electron chi connectivity index (χ4n) is 1.89. The van der Waals surface area contributed by atoms with Crippen molar-refractivity contribution < 1.29 is 14.3 Å². The molecule has 5 heteroatoms. The molecule has 0 amide bonds. The molecule has 1 aromatic heterocycles. The number of halogens is 1. The van der Waals surface area contributed by atoms with Crippen LogP contribution in [0.4, 0.5) is 0 Å². The second-order valence-corrected chi connectivity index (χ2v) is 5.00.